The van der Waals surface area contributed by atoms with Crippen LogP contribution in [0.4, 0.5) is 0 Å². The number of benzene rings is 1. The molecule has 1 aromatic carbocycles. The van der Waals surface area contributed by atoms with Gasteiger partial charge in [0, 0.05) is 30.1 Å². The summed E-state index contributed by atoms with van der Waals surface area (Å²) < 4.78 is 0. The highest BCUT2D eigenvalue weighted by molar-refractivity contribution is 5.95. The molecule has 43 heavy (non-hydrogen) atoms. The quantitative estimate of drug-likeness (QED) is 0.0487. The van der Waals surface area contributed by atoms with E-state index < -0.39 is 60.2 Å². The van der Waals surface area contributed by atoms with Crippen molar-refractivity contribution in [2.75, 3.05) is 13.1 Å². The highest BCUT2D eigenvalue weighted by Gasteiger charge is 2.31. The van der Waals surface area contributed by atoms with Gasteiger partial charge in [-0.05, 0) is 43.9 Å². The predicted octanol–water partition coefficient (Wildman–Crippen LogP) is -1.77. The Morgan fingerprint density at radius 1 is 0.860 bits per heavy atom. The Morgan fingerprint density at radius 3 is 2.16 bits per heavy atom. The maximum Gasteiger partial charge on any atom is 0.326 e. The van der Waals surface area contributed by atoms with Crippen LogP contribution in [0.5, 0.6) is 0 Å². The molecule has 1 heterocycles. The second kappa shape index (κ2) is 17.3. The lowest BCUT2D eigenvalue weighted by Crippen LogP contribution is -2.57. The van der Waals surface area contributed by atoms with Gasteiger partial charge < -0.3 is 54.1 Å². The molecule has 4 atom stereocenters. The third-order valence-corrected chi connectivity index (χ3v) is 6.61. The first kappa shape index (κ1) is 34.5. The van der Waals surface area contributed by atoms with E-state index in [9.17, 15) is 29.1 Å². The minimum Gasteiger partial charge on any atom is -0.481 e. The van der Waals surface area contributed by atoms with Gasteiger partial charge in [0.15, 0.2) is 5.96 Å². The first-order chi connectivity index (χ1) is 20.4. The van der Waals surface area contributed by atoms with Crippen LogP contribution in [0.2, 0.25) is 0 Å². The third-order valence-electron chi connectivity index (χ3n) is 6.61. The van der Waals surface area contributed by atoms with Gasteiger partial charge in [0.25, 0.3) is 0 Å². The average Bonchev–Trinajstić information content (AvgIpc) is 3.36. The number of rotatable bonds is 19. The molecule has 16 heteroatoms. The van der Waals surface area contributed by atoms with Crippen molar-refractivity contribution < 1.29 is 34.2 Å². The van der Waals surface area contributed by atoms with Crippen LogP contribution in [-0.2, 0) is 30.4 Å². The Balaban J connectivity index is 2.31. The van der Waals surface area contributed by atoms with Crippen LogP contribution in [0, 0.1) is 0 Å². The molecule has 0 saturated carbocycles. The first-order valence-corrected chi connectivity index (χ1v) is 13.8. The van der Waals surface area contributed by atoms with E-state index >= 15 is 0 Å². The molecule has 16 nitrogen and oxygen atoms in total. The molecule has 0 saturated heterocycles. The zero-order valence-corrected chi connectivity index (χ0v) is 23.8. The van der Waals surface area contributed by atoms with Crippen molar-refractivity contribution in [2.24, 2.45) is 27.9 Å². The van der Waals surface area contributed by atoms with Crippen LogP contribution in [-0.4, -0.2) is 88.1 Å². The van der Waals surface area contributed by atoms with E-state index in [1.165, 1.54) is 0 Å². The fourth-order valence-electron chi connectivity index (χ4n) is 4.34. The molecule has 0 bridgehead atoms. The average molecular weight is 604 g/mol. The Hall–Kier alpha value is -4.70. The summed E-state index contributed by atoms with van der Waals surface area (Å²) in [6.07, 6.45) is 2.69. The molecule has 1 aromatic heterocycles. The van der Waals surface area contributed by atoms with Gasteiger partial charge in [-0.2, -0.15) is 0 Å². The van der Waals surface area contributed by atoms with E-state index in [0.717, 1.165) is 10.9 Å². The lowest BCUT2D eigenvalue weighted by Gasteiger charge is -2.25. The van der Waals surface area contributed by atoms with Gasteiger partial charge in [0.05, 0.1) is 12.5 Å². The van der Waals surface area contributed by atoms with Crippen molar-refractivity contribution in [1.82, 2.24) is 20.9 Å². The van der Waals surface area contributed by atoms with Crippen molar-refractivity contribution in [3.8, 4) is 0 Å². The second-order valence-corrected chi connectivity index (χ2v) is 10.0. The summed E-state index contributed by atoms with van der Waals surface area (Å²) >= 11 is 0. The standard InChI is InChI=1S/C27H41N9O7/c28-10-4-3-7-17(29)23(39)35-20(12-15-14-33-18-8-2-1-6-16(15)18)25(41)34-19(9-5-11-32-27(30)31)24(40)36-21(26(42)43)13-22(37)38/h1-2,6,8,14,17,19-21,33H,3-5,7,9-13,28-29H2,(H,34,41)(H,35,39)(H,36,40)(H,37,38)(H,42,43)(H4,30,31,32). The molecular weight excluding hydrogens is 562 g/mol. The molecule has 0 spiro atoms. The fraction of sp³-hybridized carbons (Fsp3) is 0.481. The number of para-hydroxylation sites is 1. The second-order valence-electron chi connectivity index (χ2n) is 10.0. The summed E-state index contributed by atoms with van der Waals surface area (Å²) in [5.41, 5.74) is 23.8. The van der Waals surface area contributed by atoms with Gasteiger partial charge in [0.2, 0.25) is 17.7 Å². The Bertz CT molecular complexity index is 1290. The summed E-state index contributed by atoms with van der Waals surface area (Å²) in [6, 6.07) is 2.25. The topological polar surface area (TPSA) is 294 Å². The highest BCUT2D eigenvalue weighted by atomic mass is 16.4. The zero-order valence-electron chi connectivity index (χ0n) is 23.8. The predicted molar refractivity (Wildman–Crippen MR) is 158 cm³/mol. The van der Waals surface area contributed by atoms with E-state index in [1.807, 2.05) is 24.3 Å². The van der Waals surface area contributed by atoms with Crippen molar-refractivity contribution in [1.29, 1.82) is 0 Å². The maximum absolute atomic E-state index is 13.6. The van der Waals surface area contributed by atoms with Gasteiger partial charge >= 0.3 is 11.9 Å². The number of aliphatic imine (C=N–C) groups is 1. The highest BCUT2D eigenvalue weighted by Crippen LogP contribution is 2.19. The summed E-state index contributed by atoms with van der Waals surface area (Å²) in [5, 5.41) is 26.7. The van der Waals surface area contributed by atoms with Crippen LogP contribution in [0.15, 0.2) is 35.5 Å². The molecule has 0 radical (unpaired) electrons. The van der Waals surface area contributed by atoms with E-state index in [1.54, 1.807) is 6.20 Å². The normalized spacial score (nSPS) is 13.7. The van der Waals surface area contributed by atoms with Gasteiger partial charge in [-0.3, -0.25) is 24.2 Å². The number of carbonyl (C=O) groups excluding carboxylic acids is 3. The molecule has 0 fully saturated rings. The Labute approximate surface area is 248 Å². The van der Waals surface area contributed by atoms with Crippen LogP contribution in [0.3, 0.4) is 0 Å². The van der Waals surface area contributed by atoms with Gasteiger partial charge in [-0.25, -0.2) is 4.79 Å². The van der Waals surface area contributed by atoms with Gasteiger partial charge in [-0.15, -0.1) is 0 Å². The molecule has 14 N–H and O–H groups in total. The number of hydrogen-bond donors (Lipinski definition) is 10. The number of nitrogens with two attached hydrogens (primary N) is 4. The van der Waals surface area contributed by atoms with Crippen molar-refractivity contribution in [3.05, 3.63) is 36.0 Å². The molecule has 3 amide bonds. The largest absolute Gasteiger partial charge is 0.481 e. The van der Waals surface area contributed by atoms with Gasteiger partial charge in [0.1, 0.15) is 18.1 Å². The molecule has 0 aliphatic heterocycles. The van der Waals surface area contributed by atoms with Gasteiger partial charge in [-0.1, -0.05) is 24.6 Å². The Kier molecular flexibility index (Phi) is 13.9. The molecule has 0 aliphatic rings. The number of carboxylic acids is 2. The van der Waals surface area contributed by atoms with E-state index in [4.69, 9.17) is 28.0 Å². The van der Waals surface area contributed by atoms with Crippen molar-refractivity contribution in [3.63, 3.8) is 0 Å². The number of guanidine groups is 1. The monoisotopic (exact) mass is 603 g/mol. The minimum atomic E-state index is -1.74. The van der Waals surface area contributed by atoms with E-state index in [-0.39, 0.29) is 31.8 Å². The molecule has 2 aromatic rings. The third kappa shape index (κ3) is 11.6. The van der Waals surface area contributed by atoms with Crippen LogP contribution < -0.4 is 38.9 Å². The molecule has 4 unspecified atom stereocenters. The summed E-state index contributed by atoms with van der Waals surface area (Å²) in [7, 11) is 0. The minimum absolute atomic E-state index is 0.0277. The summed E-state index contributed by atoms with van der Waals surface area (Å²) in [6.45, 7) is 0.550. The lowest BCUT2D eigenvalue weighted by molar-refractivity contribution is -0.147. The number of unbranched alkanes of at least 4 members (excludes halogenated alkanes) is 1. The number of nitrogens with zero attached hydrogens (tertiary/aromatic N) is 1. The number of hydrogen-bond acceptors (Lipinski definition) is 8. The SMILES string of the molecule is NCCCCC(N)C(=O)NC(Cc1c[nH]c2ccccc12)C(=O)NC(CCCN=C(N)N)C(=O)NC(CC(=O)O)C(=O)O. The molecule has 236 valence electrons. The van der Waals surface area contributed by atoms with Crippen molar-refractivity contribution in [2.45, 2.75) is 69.1 Å². The zero-order chi connectivity index (χ0) is 31.9. The number of fused-ring (bicyclic) bond motifs is 1. The van der Waals surface area contributed by atoms with Crippen LogP contribution in [0.1, 0.15) is 44.1 Å². The maximum atomic E-state index is 13.6. The number of amides is 3. The number of H-pyrrole nitrogens is 1. The number of nitrogens with one attached hydrogen (secondary N) is 4. The van der Waals surface area contributed by atoms with E-state index in [0.29, 0.717) is 31.4 Å². The number of carbonyl (C=O) groups is 5. The van der Waals surface area contributed by atoms with E-state index in [2.05, 4.69) is 25.9 Å². The molecule has 0 aliphatic carbocycles. The lowest BCUT2D eigenvalue weighted by atomic mass is 10.0. The Morgan fingerprint density at radius 2 is 1.51 bits per heavy atom. The van der Waals surface area contributed by atoms with Crippen molar-refractivity contribution >= 4 is 46.5 Å². The van der Waals surface area contributed by atoms with Crippen LogP contribution in [0.25, 0.3) is 10.9 Å². The summed E-state index contributed by atoms with van der Waals surface area (Å²) in [4.78, 5) is 69.3. The first-order valence-electron chi connectivity index (χ1n) is 13.8. The molecular formula is C27H41N9O7. The fourth-order valence-corrected chi connectivity index (χ4v) is 4.34. The molecule has 2 rings (SSSR count). The summed E-state index contributed by atoms with van der Waals surface area (Å²) in [5.74, 6) is -5.41. The number of aliphatic carboxylic acids is 2. The smallest absolute Gasteiger partial charge is 0.326 e. The number of aromatic amines is 1. The van der Waals surface area contributed by atoms with Crippen LogP contribution >= 0.6 is 0 Å². The number of aromatic nitrogens is 1. The number of carboxylic acid groups (broad SMARTS) is 2.